The zero-order valence-corrected chi connectivity index (χ0v) is 31.7. The standard InChI is InChI=1S/C41H47N9O4/c1-41(2,3)54-40(51)47(4)21-9-22-48(26-28-11-14-30(52-5)25-35(28)53-6)34-17-12-27-24-29(13-15-31(27)34)50-38(32-10-7-19-43-37(32)42)45-33-16-18-36(46-39(33)50)49-23-8-20-44-49/h7-8,10-11,13-16,18-20,23-25,34H,9,12,17,21-22,26H2,1-6H3,(H2,42,43)/t34-/m0/s1. The van der Waals surface area contributed by atoms with E-state index < -0.39 is 5.60 Å². The number of ether oxygens (including phenoxy) is 3. The summed E-state index contributed by atoms with van der Waals surface area (Å²) in [4.78, 5) is 31.3. The van der Waals surface area contributed by atoms with Gasteiger partial charge in [-0.05, 0) is 99.7 Å². The number of amides is 1. The summed E-state index contributed by atoms with van der Waals surface area (Å²) in [5, 5.41) is 4.40. The number of nitrogens with two attached hydrogens (primary N) is 1. The molecule has 4 heterocycles. The fraction of sp³-hybridized carbons (Fsp3) is 0.341. The quantitative estimate of drug-likeness (QED) is 0.140. The highest BCUT2D eigenvalue weighted by molar-refractivity contribution is 5.83. The van der Waals surface area contributed by atoms with Gasteiger partial charge in [-0.2, -0.15) is 5.10 Å². The predicted molar refractivity (Wildman–Crippen MR) is 208 cm³/mol. The van der Waals surface area contributed by atoms with Crippen LogP contribution in [0.5, 0.6) is 11.5 Å². The Labute approximate surface area is 315 Å². The van der Waals surface area contributed by atoms with Crippen molar-refractivity contribution >= 4 is 23.1 Å². The van der Waals surface area contributed by atoms with E-state index in [1.54, 1.807) is 43.2 Å². The van der Waals surface area contributed by atoms with Crippen molar-refractivity contribution in [3.05, 3.63) is 102 Å². The highest BCUT2D eigenvalue weighted by Crippen LogP contribution is 2.40. The number of carbonyl (C=O) groups is 1. The van der Waals surface area contributed by atoms with Gasteiger partial charge in [0.1, 0.15) is 28.4 Å². The smallest absolute Gasteiger partial charge is 0.410 e. The van der Waals surface area contributed by atoms with Crippen molar-refractivity contribution in [3.63, 3.8) is 0 Å². The fourth-order valence-electron chi connectivity index (χ4n) is 7.10. The second kappa shape index (κ2) is 15.2. The van der Waals surface area contributed by atoms with Gasteiger partial charge < -0.3 is 24.8 Å². The van der Waals surface area contributed by atoms with Crippen LogP contribution in [0.25, 0.3) is 34.1 Å². The first kappa shape index (κ1) is 36.4. The fourth-order valence-corrected chi connectivity index (χ4v) is 7.10. The number of hydrogen-bond acceptors (Lipinski definition) is 10. The molecule has 13 nitrogen and oxygen atoms in total. The molecule has 2 N–H and O–H groups in total. The average Bonchev–Trinajstić information content (AvgIpc) is 3.93. The molecule has 0 bridgehead atoms. The lowest BCUT2D eigenvalue weighted by atomic mass is 10.0. The number of aromatic nitrogens is 6. The Kier molecular flexibility index (Phi) is 10.2. The Morgan fingerprint density at radius 3 is 2.57 bits per heavy atom. The molecule has 0 aliphatic heterocycles. The first-order chi connectivity index (χ1) is 26.0. The molecule has 0 unspecified atom stereocenters. The number of anilines is 1. The third-order valence-corrected chi connectivity index (χ3v) is 9.69. The van der Waals surface area contributed by atoms with Crippen LogP contribution in [0, 0.1) is 0 Å². The van der Waals surface area contributed by atoms with Crippen molar-refractivity contribution in [1.82, 2.24) is 39.1 Å². The molecule has 1 amide bonds. The highest BCUT2D eigenvalue weighted by atomic mass is 16.6. The zero-order valence-electron chi connectivity index (χ0n) is 31.7. The van der Waals surface area contributed by atoms with Gasteiger partial charge in [-0.1, -0.05) is 12.1 Å². The number of nitrogens with zero attached hydrogens (tertiary/aromatic N) is 8. The van der Waals surface area contributed by atoms with Gasteiger partial charge in [0.05, 0.1) is 19.8 Å². The molecule has 280 valence electrons. The molecular weight excluding hydrogens is 683 g/mol. The third kappa shape index (κ3) is 7.58. The average molecular weight is 730 g/mol. The van der Waals surface area contributed by atoms with E-state index in [-0.39, 0.29) is 12.1 Å². The number of pyridine rings is 2. The molecule has 0 fully saturated rings. The molecule has 13 heteroatoms. The third-order valence-electron chi connectivity index (χ3n) is 9.69. The number of imidazole rings is 1. The lowest BCUT2D eigenvalue weighted by Gasteiger charge is -2.31. The monoisotopic (exact) mass is 729 g/mol. The van der Waals surface area contributed by atoms with Crippen LogP contribution in [0.3, 0.4) is 0 Å². The summed E-state index contributed by atoms with van der Waals surface area (Å²) in [6.07, 6.45) is 7.55. The van der Waals surface area contributed by atoms with E-state index in [0.717, 1.165) is 59.6 Å². The van der Waals surface area contributed by atoms with Crippen molar-refractivity contribution in [2.75, 3.05) is 40.1 Å². The van der Waals surface area contributed by atoms with Crippen LogP contribution in [0.2, 0.25) is 0 Å². The Morgan fingerprint density at radius 1 is 0.981 bits per heavy atom. The van der Waals surface area contributed by atoms with E-state index in [1.807, 2.05) is 69.4 Å². The van der Waals surface area contributed by atoms with Crippen LogP contribution < -0.4 is 15.2 Å². The minimum Gasteiger partial charge on any atom is -0.497 e. The van der Waals surface area contributed by atoms with Crippen LogP contribution in [-0.4, -0.2) is 85.2 Å². The lowest BCUT2D eigenvalue weighted by molar-refractivity contribution is 0.0289. The van der Waals surface area contributed by atoms with Crippen molar-refractivity contribution in [3.8, 4) is 34.4 Å². The SMILES string of the molecule is COc1ccc(CN(CCCN(C)C(=O)OC(C)(C)C)[C@H]2CCc3cc(-n4c(-c5cccnc5N)nc5ccc(-n6cccn6)nc54)ccc32)c(OC)c1. The maximum atomic E-state index is 12.7. The number of hydrogen-bond donors (Lipinski definition) is 1. The number of benzene rings is 2. The number of methoxy groups -OCH3 is 2. The molecule has 0 radical (unpaired) electrons. The molecule has 54 heavy (non-hydrogen) atoms. The largest absolute Gasteiger partial charge is 0.497 e. The Hall–Kier alpha value is -5.95. The van der Waals surface area contributed by atoms with Gasteiger partial charge in [0, 0.05) is 68.6 Å². The summed E-state index contributed by atoms with van der Waals surface area (Å²) in [5.41, 5.74) is 12.5. The highest BCUT2D eigenvalue weighted by Gasteiger charge is 2.30. The zero-order chi connectivity index (χ0) is 38.0. The van der Waals surface area contributed by atoms with E-state index in [2.05, 4.69) is 43.8 Å². The molecule has 0 saturated carbocycles. The van der Waals surface area contributed by atoms with Gasteiger partial charge in [0.15, 0.2) is 17.3 Å². The first-order valence-electron chi connectivity index (χ1n) is 18.2. The first-order valence-corrected chi connectivity index (χ1v) is 18.2. The van der Waals surface area contributed by atoms with Crippen LogP contribution >= 0.6 is 0 Å². The Morgan fingerprint density at radius 2 is 1.83 bits per heavy atom. The Balaban J connectivity index is 1.24. The molecule has 6 aromatic rings. The van der Waals surface area contributed by atoms with Gasteiger partial charge in [-0.15, -0.1) is 0 Å². The van der Waals surface area contributed by atoms with E-state index in [0.29, 0.717) is 36.2 Å². The number of nitrogen functional groups attached to an aromatic ring is 1. The minimum atomic E-state index is -0.554. The summed E-state index contributed by atoms with van der Waals surface area (Å²) in [7, 11) is 5.13. The molecule has 1 aliphatic carbocycles. The summed E-state index contributed by atoms with van der Waals surface area (Å²) < 4.78 is 20.7. The molecule has 4 aromatic heterocycles. The van der Waals surface area contributed by atoms with Crippen LogP contribution in [0.4, 0.5) is 10.6 Å². The summed E-state index contributed by atoms with van der Waals surface area (Å²) >= 11 is 0. The van der Waals surface area contributed by atoms with Crippen molar-refractivity contribution in [1.29, 1.82) is 0 Å². The molecule has 0 saturated heterocycles. The van der Waals surface area contributed by atoms with Gasteiger partial charge in [-0.3, -0.25) is 9.47 Å². The molecule has 1 aliphatic rings. The lowest BCUT2D eigenvalue weighted by Crippen LogP contribution is -2.36. The van der Waals surface area contributed by atoms with E-state index in [9.17, 15) is 4.79 Å². The van der Waals surface area contributed by atoms with Crippen LogP contribution in [-0.2, 0) is 17.7 Å². The van der Waals surface area contributed by atoms with Gasteiger partial charge in [0.25, 0.3) is 0 Å². The van der Waals surface area contributed by atoms with Crippen LogP contribution in [0.1, 0.15) is 56.3 Å². The number of aryl methyl sites for hydroxylation is 1. The number of carbonyl (C=O) groups excluding carboxylic acids is 1. The normalized spacial score (nSPS) is 14.0. The summed E-state index contributed by atoms with van der Waals surface area (Å²) in [6.45, 7) is 7.61. The van der Waals surface area contributed by atoms with Gasteiger partial charge in [0.2, 0.25) is 0 Å². The predicted octanol–water partition coefficient (Wildman–Crippen LogP) is 7.01. The molecule has 0 spiro atoms. The van der Waals surface area contributed by atoms with E-state index in [4.69, 9.17) is 29.9 Å². The van der Waals surface area contributed by atoms with Crippen LogP contribution in [0.15, 0.2) is 85.3 Å². The van der Waals surface area contributed by atoms with Gasteiger partial charge in [-0.25, -0.2) is 24.4 Å². The summed E-state index contributed by atoms with van der Waals surface area (Å²) in [5.74, 6) is 3.25. The molecule has 2 aromatic carbocycles. The topological polar surface area (TPSA) is 139 Å². The van der Waals surface area contributed by atoms with Crippen molar-refractivity contribution in [2.45, 2.75) is 58.2 Å². The number of rotatable bonds is 12. The molecule has 1 atom stereocenters. The second-order valence-corrected chi connectivity index (χ2v) is 14.5. The van der Waals surface area contributed by atoms with Crippen molar-refractivity contribution in [2.24, 2.45) is 0 Å². The second-order valence-electron chi connectivity index (χ2n) is 14.5. The summed E-state index contributed by atoms with van der Waals surface area (Å²) in [6, 6.07) is 22.3. The van der Waals surface area contributed by atoms with Crippen molar-refractivity contribution < 1.29 is 19.0 Å². The molecule has 7 rings (SSSR count). The Bertz CT molecular complexity index is 2260. The van der Waals surface area contributed by atoms with E-state index in [1.165, 1.54) is 11.1 Å². The maximum absolute atomic E-state index is 12.7. The van der Waals surface area contributed by atoms with Gasteiger partial charge >= 0.3 is 6.09 Å². The molecular formula is C41H47N9O4. The minimum absolute atomic E-state index is 0.144. The van der Waals surface area contributed by atoms with E-state index >= 15 is 0 Å². The maximum Gasteiger partial charge on any atom is 0.410 e. The number of fused-ring (bicyclic) bond motifs is 2.